The van der Waals surface area contributed by atoms with Crippen LogP contribution in [0.1, 0.15) is 27.7 Å². The van der Waals surface area contributed by atoms with E-state index in [1.54, 1.807) is 15.4 Å². The Hall–Kier alpha value is -3.43. The van der Waals surface area contributed by atoms with Gasteiger partial charge in [-0.3, -0.25) is 9.48 Å². The van der Waals surface area contributed by atoms with E-state index >= 15 is 0 Å². The number of fused-ring (bicyclic) bond motifs is 1. The summed E-state index contributed by atoms with van der Waals surface area (Å²) in [7, 11) is 1.81. The largest absolute Gasteiger partial charge is 0.330 e. The number of benzene rings is 2. The van der Waals surface area contributed by atoms with Gasteiger partial charge in [0.15, 0.2) is 11.7 Å². The lowest BCUT2D eigenvalue weighted by atomic mass is 10.0. The van der Waals surface area contributed by atoms with Gasteiger partial charge in [0.05, 0.1) is 35.4 Å². The molecule has 2 aromatic heterocycles. The lowest BCUT2D eigenvalue weighted by Gasteiger charge is -2.07. The summed E-state index contributed by atoms with van der Waals surface area (Å²) < 4.78 is 3.42. The third-order valence-corrected chi connectivity index (χ3v) is 5.05. The number of imidazole rings is 1. The lowest BCUT2D eigenvalue weighted by Crippen LogP contribution is -2.15. The number of halogens is 1. The molecule has 0 spiro atoms. The molecule has 4 aromatic rings. The average Bonchev–Trinajstić information content (AvgIpc) is 3.30. The second-order valence-corrected chi connectivity index (χ2v) is 6.87. The molecule has 138 valence electrons. The van der Waals surface area contributed by atoms with Crippen LogP contribution in [0.2, 0.25) is 5.02 Å². The number of nitriles is 1. The van der Waals surface area contributed by atoms with Crippen LogP contribution in [0.15, 0.2) is 60.9 Å². The fourth-order valence-corrected chi connectivity index (χ4v) is 3.40. The second-order valence-electron chi connectivity index (χ2n) is 6.46. The van der Waals surface area contributed by atoms with Crippen molar-refractivity contribution in [2.45, 2.75) is 12.5 Å². The molecule has 1 atom stereocenters. The fraction of sp³-hybridized carbons (Fsp3) is 0.143. The Labute approximate surface area is 166 Å². The van der Waals surface area contributed by atoms with E-state index in [0.29, 0.717) is 23.0 Å². The third kappa shape index (κ3) is 3.17. The van der Waals surface area contributed by atoms with E-state index in [1.165, 1.54) is 6.20 Å². The Morgan fingerprint density at radius 1 is 1.21 bits per heavy atom. The molecule has 0 unspecified atom stereocenters. The van der Waals surface area contributed by atoms with Crippen LogP contribution in [0.5, 0.6) is 0 Å². The van der Waals surface area contributed by atoms with E-state index < -0.39 is 5.92 Å². The Morgan fingerprint density at radius 3 is 2.71 bits per heavy atom. The van der Waals surface area contributed by atoms with Gasteiger partial charge in [-0.1, -0.05) is 41.9 Å². The molecular weight excluding hydrogens is 374 g/mol. The van der Waals surface area contributed by atoms with Gasteiger partial charge in [-0.15, -0.1) is 0 Å². The predicted octanol–water partition coefficient (Wildman–Crippen LogP) is 3.96. The maximum atomic E-state index is 13.0. The van der Waals surface area contributed by atoms with Gasteiger partial charge in [0.2, 0.25) is 0 Å². The van der Waals surface area contributed by atoms with Gasteiger partial charge >= 0.3 is 0 Å². The molecule has 7 heteroatoms. The average molecular weight is 390 g/mol. The molecule has 0 saturated heterocycles. The first-order valence-electron chi connectivity index (χ1n) is 8.69. The van der Waals surface area contributed by atoms with Crippen LogP contribution in [0, 0.1) is 11.3 Å². The van der Waals surface area contributed by atoms with Crippen molar-refractivity contribution >= 4 is 28.4 Å². The van der Waals surface area contributed by atoms with Gasteiger partial charge in [-0.05, 0) is 23.8 Å². The van der Waals surface area contributed by atoms with Crippen LogP contribution >= 0.6 is 11.6 Å². The molecule has 0 N–H and O–H groups in total. The number of hydrogen-bond acceptors (Lipinski definition) is 4. The summed E-state index contributed by atoms with van der Waals surface area (Å²) in [4.78, 5) is 17.5. The number of nitrogens with zero attached hydrogens (tertiary/aromatic N) is 5. The Balaban J connectivity index is 1.63. The summed E-state index contributed by atoms with van der Waals surface area (Å²) in [6, 6.07) is 17.1. The van der Waals surface area contributed by atoms with Crippen LogP contribution in [-0.4, -0.2) is 25.1 Å². The molecule has 2 heterocycles. The molecule has 0 aliphatic carbocycles. The van der Waals surface area contributed by atoms with E-state index in [9.17, 15) is 10.1 Å². The first-order chi connectivity index (χ1) is 13.6. The van der Waals surface area contributed by atoms with Crippen LogP contribution in [0.3, 0.4) is 0 Å². The van der Waals surface area contributed by atoms with E-state index in [4.69, 9.17) is 11.6 Å². The summed E-state index contributed by atoms with van der Waals surface area (Å²) in [5, 5.41) is 14.6. The van der Waals surface area contributed by atoms with Gasteiger partial charge in [0.1, 0.15) is 5.82 Å². The summed E-state index contributed by atoms with van der Waals surface area (Å²) in [6.45, 7) is 0.441. The van der Waals surface area contributed by atoms with E-state index in [2.05, 4.69) is 16.2 Å². The number of rotatable bonds is 5. The van der Waals surface area contributed by atoms with Gasteiger partial charge in [-0.25, -0.2) is 4.98 Å². The Morgan fingerprint density at radius 2 is 1.96 bits per heavy atom. The smallest absolute Gasteiger partial charge is 0.190 e. The topological polar surface area (TPSA) is 76.5 Å². The standard InChI is InChI=1S/C21H16ClN5O/c1-26-19-9-5-4-8-18(19)25-21(26)16(10-23)20(28)15-11-24-27(13-15)12-14-6-2-3-7-17(14)22/h2-9,11,13,16H,12H2,1H3/t16-/m0/s1. The number of carbonyl (C=O) groups excluding carboxylic acids is 1. The van der Waals surface area contributed by atoms with Gasteiger partial charge < -0.3 is 4.57 Å². The van der Waals surface area contributed by atoms with Gasteiger partial charge in [0, 0.05) is 18.3 Å². The van der Waals surface area contributed by atoms with Crippen LogP contribution in [0.4, 0.5) is 0 Å². The lowest BCUT2D eigenvalue weighted by molar-refractivity contribution is 0.0975. The van der Waals surface area contributed by atoms with Crippen LogP contribution in [-0.2, 0) is 13.6 Å². The molecule has 0 bridgehead atoms. The summed E-state index contributed by atoms with van der Waals surface area (Å²) in [5.41, 5.74) is 2.89. The normalized spacial score (nSPS) is 12.0. The Kier molecular flexibility index (Phi) is 4.68. The molecule has 0 aliphatic heterocycles. The highest BCUT2D eigenvalue weighted by molar-refractivity contribution is 6.31. The molecule has 0 saturated carbocycles. The maximum absolute atomic E-state index is 13.0. The predicted molar refractivity (Wildman–Crippen MR) is 106 cm³/mol. The summed E-state index contributed by atoms with van der Waals surface area (Å²) >= 11 is 6.19. The number of hydrogen-bond donors (Lipinski definition) is 0. The molecule has 6 nitrogen and oxygen atoms in total. The zero-order chi connectivity index (χ0) is 19.7. The van der Waals surface area contributed by atoms with Gasteiger partial charge in [-0.2, -0.15) is 10.4 Å². The van der Waals surface area contributed by atoms with Crippen LogP contribution in [0.25, 0.3) is 11.0 Å². The van der Waals surface area contributed by atoms with E-state index in [1.807, 2.05) is 55.6 Å². The monoisotopic (exact) mass is 389 g/mol. The molecule has 0 fully saturated rings. The first-order valence-corrected chi connectivity index (χ1v) is 9.07. The van der Waals surface area contributed by atoms with E-state index in [-0.39, 0.29) is 5.78 Å². The third-order valence-electron chi connectivity index (χ3n) is 4.68. The maximum Gasteiger partial charge on any atom is 0.190 e. The molecular formula is C21H16ClN5O. The van der Waals surface area contributed by atoms with Crippen molar-refractivity contribution < 1.29 is 4.79 Å². The zero-order valence-electron chi connectivity index (χ0n) is 15.1. The van der Waals surface area contributed by atoms with Gasteiger partial charge in [0.25, 0.3) is 0 Å². The van der Waals surface area contributed by atoms with Crippen molar-refractivity contribution in [2.75, 3.05) is 0 Å². The van der Waals surface area contributed by atoms with Crippen molar-refractivity contribution in [1.29, 1.82) is 5.26 Å². The minimum Gasteiger partial charge on any atom is -0.330 e. The van der Waals surface area contributed by atoms with E-state index in [0.717, 1.165) is 16.6 Å². The fourth-order valence-electron chi connectivity index (χ4n) is 3.20. The van der Waals surface area contributed by atoms with Crippen LogP contribution < -0.4 is 0 Å². The number of aromatic nitrogens is 4. The highest BCUT2D eigenvalue weighted by Crippen LogP contribution is 2.24. The van der Waals surface area contributed by atoms with Crippen molar-refractivity contribution in [1.82, 2.24) is 19.3 Å². The molecule has 4 rings (SSSR count). The highest BCUT2D eigenvalue weighted by Gasteiger charge is 2.27. The number of para-hydroxylation sites is 2. The SMILES string of the molecule is Cn1c([C@@H](C#N)C(=O)c2cnn(Cc3ccccc3Cl)c2)nc2ccccc21. The van der Waals surface area contributed by atoms with Crippen molar-refractivity contribution in [3.63, 3.8) is 0 Å². The highest BCUT2D eigenvalue weighted by atomic mass is 35.5. The second kappa shape index (κ2) is 7.29. The first kappa shape index (κ1) is 18.0. The molecule has 0 amide bonds. The Bertz CT molecular complexity index is 1220. The van der Waals surface area contributed by atoms with Crippen molar-refractivity contribution in [3.05, 3.63) is 82.9 Å². The number of Topliss-reactive ketones (excluding diaryl/α,β-unsaturated/α-hetero) is 1. The molecule has 2 aromatic carbocycles. The number of aryl methyl sites for hydroxylation is 1. The summed E-state index contributed by atoms with van der Waals surface area (Å²) in [5.74, 6) is -0.908. The quantitative estimate of drug-likeness (QED) is 0.484. The van der Waals surface area contributed by atoms with Crippen molar-refractivity contribution in [2.24, 2.45) is 7.05 Å². The zero-order valence-corrected chi connectivity index (χ0v) is 15.8. The molecule has 28 heavy (non-hydrogen) atoms. The minimum atomic E-state index is -1.00. The molecule has 0 aliphatic rings. The van der Waals surface area contributed by atoms with Crippen molar-refractivity contribution in [3.8, 4) is 6.07 Å². The number of ketones is 1. The summed E-state index contributed by atoms with van der Waals surface area (Å²) in [6.07, 6.45) is 3.12. The number of carbonyl (C=O) groups is 1. The minimum absolute atomic E-state index is 0.327. The molecule has 0 radical (unpaired) electrons.